The summed E-state index contributed by atoms with van der Waals surface area (Å²) in [5.74, 6) is 0. The van der Waals surface area contributed by atoms with Gasteiger partial charge in [-0.15, -0.1) is 0 Å². The number of rotatable bonds is 2. The number of hydrogen-bond acceptors (Lipinski definition) is 3. The fraction of sp³-hybridized carbons (Fsp3) is 0.0294. The zero-order valence-electron chi connectivity index (χ0n) is 21.6. The summed E-state index contributed by atoms with van der Waals surface area (Å²) >= 11 is 0. The molecule has 3 aromatic carbocycles. The molecule has 6 heteroatoms. The second-order valence-corrected chi connectivity index (χ2v) is 9.91. The molecule has 190 valence electrons. The Morgan fingerprint density at radius 1 is 0.425 bits per heavy atom. The Morgan fingerprint density at radius 2 is 0.875 bits per heavy atom. The van der Waals surface area contributed by atoms with Gasteiger partial charge in [-0.2, -0.15) is 0 Å². The number of aromatic nitrogens is 6. The predicted octanol–water partition coefficient (Wildman–Crippen LogP) is 7.91. The third-order valence-corrected chi connectivity index (χ3v) is 7.74. The number of benzene rings is 3. The number of pyridine rings is 3. The van der Waals surface area contributed by atoms with Crippen LogP contribution in [0.2, 0.25) is 0 Å². The zero-order chi connectivity index (χ0) is 26.5. The lowest BCUT2D eigenvalue weighted by Gasteiger charge is -2.11. The summed E-state index contributed by atoms with van der Waals surface area (Å²) in [4.78, 5) is 16.2. The molecule has 0 saturated carbocycles. The van der Waals surface area contributed by atoms with E-state index in [0.717, 1.165) is 16.6 Å². The number of nitrogens with zero attached hydrogens (tertiary/aromatic N) is 5. The first kappa shape index (κ1) is 22.5. The van der Waals surface area contributed by atoms with E-state index in [0.29, 0.717) is 6.67 Å². The van der Waals surface area contributed by atoms with Crippen molar-refractivity contribution in [2.45, 2.75) is 6.67 Å². The summed E-state index contributed by atoms with van der Waals surface area (Å²) in [6, 6.07) is 31.6. The monoisotopic (exact) mass is 516 g/mol. The molecule has 0 spiro atoms. The van der Waals surface area contributed by atoms with Crippen molar-refractivity contribution in [3.8, 4) is 0 Å². The van der Waals surface area contributed by atoms with Gasteiger partial charge >= 0.3 is 0 Å². The molecule has 6 heterocycles. The van der Waals surface area contributed by atoms with Gasteiger partial charge in [0.15, 0.2) is 0 Å². The molecule has 1 N–H and O–H groups in total. The number of para-hydroxylation sites is 3. The molecule has 6 aromatic heterocycles. The normalized spacial score (nSPS) is 11.6. The minimum absolute atomic E-state index is 0.714. The predicted molar refractivity (Wildman–Crippen MR) is 163 cm³/mol. The van der Waals surface area contributed by atoms with Gasteiger partial charge in [-0.05, 0) is 36.4 Å². The van der Waals surface area contributed by atoms with Crippen molar-refractivity contribution in [2.75, 3.05) is 0 Å². The second kappa shape index (κ2) is 9.06. The Balaban J connectivity index is 0.000000158. The maximum Gasteiger partial charge on any atom is 0.100 e. The van der Waals surface area contributed by atoms with Crippen LogP contribution >= 0.6 is 0 Å². The first-order chi connectivity index (χ1) is 19.9. The molecular formula is C34H24N6. The molecule has 0 radical (unpaired) electrons. The first-order valence-corrected chi connectivity index (χ1v) is 13.3. The van der Waals surface area contributed by atoms with E-state index in [4.69, 9.17) is 0 Å². The van der Waals surface area contributed by atoms with Gasteiger partial charge in [-0.25, -0.2) is 0 Å². The number of H-pyrrole nitrogens is 1. The summed E-state index contributed by atoms with van der Waals surface area (Å²) in [5.41, 5.74) is 7.00. The minimum atomic E-state index is 0.714. The van der Waals surface area contributed by atoms with Crippen LogP contribution in [-0.2, 0) is 6.67 Å². The van der Waals surface area contributed by atoms with Crippen molar-refractivity contribution in [3.63, 3.8) is 0 Å². The maximum absolute atomic E-state index is 4.38. The van der Waals surface area contributed by atoms with E-state index in [1.54, 1.807) is 0 Å². The molecule has 40 heavy (non-hydrogen) atoms. The van der Waals surface area contributed by atoms with Gasteiger partial charge in [-0.1, -0.05) is 54.6 Å². The summed E-state index contributed by atoms with van der Waals surface area (Å²) in [6.45, 7) is 0.714. The van der Waals surface area contributed by atoms with Crippen LogP contribution in [0.25, 0.3) is 65.4 Å². The van der Waals surface area contributed by atoms with Gasteiger partial charge in [0, 0.05) is 56.4 Å². The van der Waals surface area contributed by atoms with Crippen LogP contribution in [0.4, 0.5) is 0 Å². The van der Waals surface area contributed by atoms with Crippen LogP contribution < -0.4 is 0 Å². The highest BCUT2D eigenvalue weighted by Crippen LogP contribution is 2.32. The topological polar surface area (TPSA) is 64.3 Å². The number of nitrogens with one attached hydrogen (secondary N) is 1. The summed E-state index contributed by atoms with van der Waals surface area (Å²) in [5, 5.41) is 7.49. The van der Waals surface area contributed by atoms with Gasteiger partial charge in [0.1, 0.15) is 6.67 Å². The van der Waals surface area contributed by atoms with Crippen molar-refractivity contribution in [3.05, 3.63) is 128 Å². The average molecular weight is 517 g/mol. The third-order valence-electron chi connectivity index (χ3n) is 7.74. The Hall–Kier alpha value is -5.49. The largest absolute Gasteiger partial charge is 0.353 e. The Morgan fingerprint density at radius 3 is 1.50 bits per heavy atom. The Bertz CT molecular complexity index is 2050. The van der Waals surface area contributed by atoms with E-state index in [9.17, 15) is 0 Å². The van der Waals surface area contributed by atoms with Gasteiger partial charge in [0.05, 0.1) is 46.2 Å². The molecule has 0 aliphatic rings. The van der Waals surface area contributed by atoms with Gasteiger partial charge in [0.25, 0.3) is 0 Å². The van der Waals surface area contributed by atoms with Gasteiger partial charge < -0.3 is 14.1 Å². The molecule has 6 nitrogen and oxygen atoms in total. The van der Waals surface area contributed by atoms with Crippen LogP contribution in [0.3, 0.4) is 0 Å². The lowest BCUT2D eigenvalue weighted by molar-refractivity contribution is 0.681. The highest BCUT2D eigenvalue weighted by atomic mass is 15.2. The van der Waals surface area contributed by atoms with Gasteiger partial charge in [0.2, 0.25) is 0 Å². The molecule has 0 bridgehead atoms. The molecule has 9 aromatic rings. The quantitative estimate of drug-likeness (QED) is 0.254. The number of aromatic amines is 1. The van der Waals surface area contributed by atoms with Crippen LogP contribution in [0, 0.1) is 0 Å². The standard InChI is InChI=1S/C23H16N4.C11H8N2/c1-3-7-20-16(5-1)18-9-11-24-13-22(18)26(20)15-27-21-8-4-2-6-17(21)19-10-12-25-14-23(19)27;1-2-4-10-8(3-1)9-5-6-12-7-11(9)13-10/h1-14H,15H2;1-7,13H. The molecule has 0 fully saturated rings. The number of fused-ring (bicyclic) bond motifs is 9. The summed E-state index contributed by atoms with van der Waals surface area (Å²) < 4.78 is 4.69. The van der Waals surface area contributed by atoms with E-state index < -0.39 is 0 Å². The minimum Gasteiger partial charge on any atom is -0.353 e. The fourth-order valence-electron chi connectivity index (χ4n) is 5.94. The second-order valence-electron chi connectivity index (χ2n) is 9.91. The SMILES string of the molecule is c1ccc2c(c1)[nH]c1cnccc12.c1ccc2c(c1)c1ccncc1n2Cn1c2ccccc2c2ccncc21. The highest BCUT2D eigenvalue weighted by molar-refractivity contribution is 6.09. The molecule has 9 rings (SSSR count). The summed E-state index contributed by atoms with van der Waals surface area (Å²) in [6.07, 6.45) is 11.3. The fourth-order valence-corrected chi connectivity index (χ4v) is 5.94. The van der Waals surface area contributed by atoms with E-state index in [1.165, 1.54) is 48.9 Å². The molecule has 0 aliphatic carbocycles. The van der Waals surface area contributed by atoms with Crippen molar-refractivity contribution in [2.24, 2.45) is 0 Å². The van der Waals surface area contributed by atoms with Crippen LogP contribution in [0.1, 0.15) is 0 Å². The number of hydrogen-bond donors (Lipinski definition) is 1. The van der Waals surface area contributed by atoms with E-state index >= 15 is 0 Å². The lowest BCUT2D eigenvalue weighted by atomic mass is 10.2. The van der Waals surface area contributed by atoms with Crippen LogP contribution in [-0.4, -0.2) is 29.1 Å². The van der Waals surface area contributed by atoms with E-state index in [2.05, 4.69) is 108 Å². The van der Waals surface area contributed by atoms with Crippen molar-refractivity contribution in [1.82, 2.24) is 29.1 Å². The Labute approximate surface area is 229 Å². The van der Waals surface area contributed by atoms with E-state index in [-0.39, 0.29) is 0 Å². The average Bonchev–Trinajstić information content (AvgIpc) is 3.67. The highest BCUT2D eigenvalue weighted by Gasteiger charge is 2.14. The molecule has 0 unspecified atom stereocenters. The van der Waals surface area contributed by atoms with Crippen LogP contribution in [0.5, 0.6) is 0 Å². The van der Waals surface area contributed by atoms with Gasteiger partial charge in [-0.3, -0.25) is 15.0 Å². The molecule has 0 aliphatic heterocycles. The molecular weight excluding hydrogens is 492 g/mol. The zero-order valence-corrected chi connectivity index (χ0v) is 21.6. The van der Waals surface area contributed by atoms with Crippen LogP contribution in [0.15, 0.2) is 128 Å². The molecule has 0 saturated heterocycles. The Kier molecular flexibility index (Phi) is 5.10. The third kappa shape index (κ3) is 3.47. The first-order valence-electron chi connectivity index (χ1n) is 13.3. The van der Waals surface area contributed by atoms with Crippen molar-refractivity contribution in [1.29, 1.82) is 0 Å². The maximum atomic E-state index is 4.38. The smallest absolute Gasteiger partial charge is 0.100 e. The van der Waals surface area contributed by atoms with Crippen molar-refractivity contribution >= 4 is 65.4 Å². The van der Waals surface area contributed by atoms with E-state index in [1.807, 2.05) is 49.3 Å². The molecule has 0 amide bonds. The lowest BCUT2D eigenvalue weighted by Crippen LogP contribution is -2.07. The summed E-state index contributed by atoms with van der Waals surface area (Å²) in [7, 11) is 0. The molecule has 0 atom stereocenters. The van der Waals surface area contributed by atoms with Crippen molar-refractivity contribution < 1.29 is 0 Å².